The van der Waals surface area contributed by atoms with Gasteiger partial charge in [-0.1, -0.05) is 18.9 Å². The molecule has 2 heterocycles. The van der Waals surface area contributed by atoms with Crippen LogP contribution in [0.1, 0.15) is 42.5 Å². The highest BCUT2D eigenvalue weighted by Crippen LogP contribution is 2.36. The van der Waals surface area contributed by atoms with Crippen molar-refractivity contribution >= 4 is 17.4 Å². The molecule has 0 spiro atoms. The Labute approximate surface area is 180 Å². The summed E-state index contributed by atoms with van der Waals surface area (Å²) in [4.78, 5) is 5.29. The first-order chi connectivity index (χ1) is 14.5. The zero-order valence-electron chi connectivity index (χ0n) is 17.1. The summed E-state index contributed by atoms with van der Waals surface area (Å²) in [7, 11) is 0. The molecule has 30 heavy (non-hydrogen) atoms. The zero-order chi connectivity index (χ0) is 21.3. The van der Waals surface area contributed by atoms with E-state index in [-0.39, 0.29) is 5.54 Å². The number of nitrogens with zero attached hydrogens (tertiary/aromatic N) is 4. The van der Waals surface area contributed by atoms with Crippen molar-refractivity contribution in [1.29, 1.82) is 10.5 Å². The largest absolute Gasteiger partial charge is 0.490 e. The van der Waals surface area contributed by atoms with Gasteiger partial charge in [-0.15, -0.1) is 11.8 Å². The number of hydrogen-bond donors (Lipinski definition) is 1. The van der Waals surface area contributed by atoms with Crippen LogP contribution in [-0.2, 0) is 0 Å². The number of rotatable bonds is 5. The van der Waals surface area contributed by atoms with Crippen LogP contribution in [0.5, 0.6) is 5.75 Å². The lowest BCUT2D eigenvalue weighted by atomic mass is 10.0. The lowest BCUT2D eigenvalue weighted by Gasteiger charge is -2.24. The molecule has 0 saturated heterocycles. The number of imidazole rings is 1. The molecule has 7 heteroatoms. The number of aryl methyl sites for hydroxylation is 1. The SMILES string of the molecule is CSc1cc(-c2cnc3ccc(C)c(C#N)n23)cc(OCC2(N)CCCC2)c1C#N. The number of nitrogens with two attached hydrogens (primary N) is 1. The highest BCUT2D eigenvalue weighted by atomic mass is 32.2. The van der Waals surface area contributed by atoms with Crippen molar-refractivity contribution < 1.29 is 4.74 Å². The molecule has 1 aliphatic carbocycles. The van der Waals surface area contributed by atoms with Crippen LogP contribution in [0.3, 0.4) is 0 Å². The number of fused-ring (bicyclic) bond motifs is 1. The second kappa shape index (κ2) is 8.02. The maximum absolute atomic E-state index is 9.76. The van der Waals surface area contributed by atoms with E-state index in [1.807, 2.05) is 41.8 Å². The van der Waals surface area contributed by atoms with E-state index >= 15 is 0 Å². The third-order valence-corrected chi connectivity index (χ3v) is 6.54. The van der Waals surface area contributed by atoms with E-state index in [1.165, 1.54) is 11.8 Å². The summed E-state index contributed by atoms with van der Waals surface area (Å²) < 4.78 is 7.99. The quantitative estimate of drug-likeness (QED) is 0.617. The van der Waals surface area contributed by atoms with Gasteiger partial charge in [0.25, 0.3) is 0 Å². The Bertz CT molecular complexity index is 1190. The van der Waals surface area contributed by atoms with Crippen molar-refractivity contribution in [2.75, 3.05) is 12.9 Å². The molecule has 2 aromatic heterocycles. The van der Waals surface area contributed by atoms with Crippen LogP contribution in [0.25, 0.3) is 16.9 Å². The number of aromatic nitrogens is 2. The first-order valence-electron chi connectivity index (χ1n) is 9.91. The first-order valence-corrected chi connectivity index (χ1v) is 11.1. The third kappa shape index (κ3) is 3.52. The minimum Gasteiger partial charge on any atom is -0.490 e. The highest BCUT2D eigenvalue weighted by molar-refractivity contribution is 7.98. The van der Waals surface area contributed by atoms with Crippen molar-refractivity contribution in [2.45, 2.75) is 43.0 Å². The summed E-state index contributed by atoms with van der Waals surface area (Å²) in [6, 6.07) is 12.2. The monoisotopic (exact) mass is 417 g/mol. The van der Waals surface area contributed by atoms with Gasteiger partial charge in [0.05, 0.1) is 17.4 Å². The fraction of sp³-hybridized carbons (Fsp3) is 0.348. The number of pyridine rings is 1. The Morgan fingerprint density at radius 1 is 1.23 bits per heavy atom. The molecule has 1 aromatic carbocycles. The van der Waals surface area contributed by atoms with Gasteiger partial charge in [-0.3, -0.25) is 4.40 Å². The maximum Gasteiger partial charge on any atom is 0.138 e. The summed E-state index contributed by atoms with van der Waals surface area (Å²) in [5, 5.41) is 19.5. The van der Waals surface area contributed by atoms with Crippen molar-refractivity contribution in [3.63, 3.8) is 0 Å². The molecule has 1 saturated carbocycles. The number of hydrogen-bond acceptors (Lipinski definition) is 6. The second-order valence-corrected chi connectivity index (χ2v) is 8.68. The van der Waals surface area contributed by atoms with E-state index in [2.05, 4.69) is 17.1 Å². The Balaban J connectivity index is 1.84. The Hall–Kier alpha value is -3.00. The van der Waals surface area contributed by atoms with E-state index in [9.17, 15) is 10.5 Å². The van der Waals surface area contributed by atoms with Crippen LogP contribution in [0.2, 0.25) is 0 Å². The van der Waals surface area contributed by atoms with Gasteiger partial charge in [0.2, 0.25) is 0 Å². The van der Waals surface area contributed by atoms with Crippen LogP contribution >= 0.6 is 11.8 Å². The standard InChI is InChI=1S/C23H23N5OS/c1-15-5-6-22-27-13-19(28(22)18(15)12-25)16-9-20(17(11-24)21(10-16)30-2)29-14-23(26)7-3-4-8-23/h5-6,9-10,13H,3-4,7-8,14,26H2,1-2H3. The summed E-state index contributed by atoms with van der Waals surface area (Å²) in [5.41, 5.74) is 10.4. The van der Waals surface area contributed by atoms with Gasteiger partial charge in [-0.25, -0.2) is 4.98 Å². The number of ether oxygens (including phenoxy) is 1. The van der Waals surface area contributed by atoms with Crippen molar-refractivity contribution in [2.24, 2.45) is 5.73 Å². The van der Waals surface area contributed by atoms with Gasteiger partial charge >= 0.3 is 0 Å². The molecule has 0 aliphatic heterocycles. The molecule has 6 nitrogen and oxygen atoms in total. The molecule has 0 atom stereocenters. The topological polar surface area (TPSA) is 100 Å². The summed E-state index contributed by atoms with van der Waals surface area (Å²) in [5.74, 6) is 0.525. The molecular formula is C23H23N5OS. The Morgan fingerprint density at radius 2 is 2.00 bits per heavy atom. The van der Waals surface area contributed by atoms with E-state index < -0.39 is 0 Å². The Kier molecular flexibility index (Phi) is 5.42. The molecule has 4 rings (SSSR count). The van der Waals surface area contributed by atoms with Gasteiger partial charge in [-0.2, -0.15) is 10.5 Å². The third-order valence-electron chi connectivity index (χ3n) is 5.78. The first kappa shape index (κ1) is 20.3. The normalized spacial score (nSPS) is 15.1. The van der Waals surface area contributed by atoms with Gasteiger partial charge in [0, 0.05) is 10.5 Å². The fourth-order valence-electron chi connectivity index (χ4n) is 4.08. The second-order valence-electron chi connectivity index (χ2n) is 7.84. The summed E-state index contributed by atoms with van der Waals surface area (Å²) in [6.45, 7) is 2.29. The summed E-state index contributed by atoms with van der Waals surface area (Å²) >= 11 is 1.49. The fourth-order valence-corrected chi connectivity index (χ4v) is 4.68. The van der Waals surface area contributed by atoms with Crippen LogP contribution in [0, 0.1) is 29.6 Å². The van der Waals surface area contributed by atoms with Crippen LogP contribution in [0.15, 0.2) is 35.4 Å². The minimum absolute atomic E-state index is 0.337. The van der Waals surface area contributed by atoms with E-state index in [4.69, 9.17) is 10.5 Å². The predicted octanol–water partition coefficient (Wildman–Crippen LogP) is 4.43. The smallest absolute Gasteiger partial charge is 0.138 e. The molecule has 1 aliphatic rings. The van der Waals surface area contributed by atoms with Gasteiger partial charge < -0.3 is 10.5 Å². The van der Waals surface area contributed by atoms with Crippen LogP contribution in [-0.4, -0.2) is 27.8 Å². The average Bonchev–Trinajstić information content (AvgIpc) is 3.38. The molecule has 0 bridgehead atoms. The van der Waals surface area contributed by atoms with Crippen molar-refractivity contribution in [3.8, 4) is 29.1 Å². The predicted molar refractivity (Wildman–Crippen MR) is 117 cm³/mol. The Morgan fingerprint density at radius 3 is 2.67 bits per heavy atom. The van der Waals surface area contributed by atoms with E-state index in [1.54, 1.807) is 6.20 Å². The molecule has 3 aromatic rings. The molecule has 0 unspecified atom stereocenters. The highest BCUT2D eigenvalue weighted by Gasteiger charge is 2.30. The number of thioether (sulfide) groups is 1. The molecule has 2 N–H and O–H groups in total. The number of nitriles is 2. The van der Waals surface area contributed by atoms with Crippen LogP contribution in [0.4, 0.5) is 0 Å². The molecular weight excluding hydrogens is 394 g/mol. The number of benzene rings is 1. The van der Waals surface area contributed by atoms with Crippen molar-refractivity contribution in [1.82, 2.24) is 9.38 Å². The minimum atomic E-state index is -0.337. The molecule has 1 fully saturated rings. The maximum atomic E-state index is 9.76. The van der Waals surface area contributed by atoms with Crippen molar-refractivity contribution in [3.05, 3.63) is 47.3 Å². The molecule has 152 valence electrons. The zero-order valence-corrected chi connectivity index (χ0v) is 17.9. The van der Waals surface area contributed by atoms with Gasteiger partial charge in [0.1, 0.15) is 41.4 Å². The average molecular weight is 418 g/mol. The van der Waals surface area contributed by atoms with Gasteiger partial charge in [0.15, 0.2) is 0 Å². The molecule has 0 amide bonds. The van der Waals surface area contributed by atoms with E-state index in [0.29, 0.717) is 29.3 Å². The van der Waals surface area contributed by atoms with Crippen LogP contribution < -0.4 is 10.5 Å². The van der Waals surface area contributed by atoms with Gasteiger partial charge in [-0.05, 0) is 49.8 Å². The lowest BCUT2D eigenvalue weighted by Crippen LogP contribution is -2.42. The lowest BCUT2D eigenvalue weighted by molar-refractivity contribution is 0.219. The molecule has 0 radical (unpaired) electrons. The van der Waals surface area contributed by atoms with E-state index in [0.717, 1.165) is 47.4 Å². The summed E-state index contributed by atoms with van der Waals surface area (Å²) in [6.07, 6.45) is 7.78.